The van der Waals surface area contributed by atoms with Crippen molar-refractivity contribution < 1.29 is 9.63 Å². The van der Waals surface area contributed by atoms with Gasteiger partial charge in [-0.15, -0.1) is 0 Å². The van der Waals surface area contributed by atoms with E-state index in [9.17, 15) is 5.11 Å². The van der Waals surface area contributed by atoms with E-state index in [1.807, 2.05) is 12.1 Å². The molecule has 0 bridgehead atoms. The minimum atomic E-state index is -0.887. The fourth-order valence-electron chi connectivity index (χ4n) is 3.45. The zero-order chi connectivity index (χ0) is 25.1. The summed E-state index contributed by atoms with van der Waals surface area (Å²) in [5.41, 5.74) is 12.7. The standard InChI is InChI=1S/C24H32N8O2/c1-15(2)24(6,19-7-8-20(28-12-19)17(9-25)10-27-16(3)26)22-30-21(34-31-22)18-11-29-32(13-18)14-23(4,5)33/h7-13,15,33H,3,14,25-26H2,1-2,4-6H3/b17-9+,27-10?/t24-/m1/s1. The molecule has 3 heterocycles. The molecule has 0 spiro atoms. The molecule has 0 amide bonds. The first-order valence-corrected chi connectivity index (χ1v) is 10.9. The van der Waals surface area contributed by atoms with E-state index in [1.165, 1.54) is 12.4 Å². The van der Waals surface area contributed by atoms with Crippen LogP contribution < -0.4 is 11.5 Å². The summed E-state index contributed by atoms with van der Waals surface area (Å²) < 4.78 is 7.23. The topological polar surface area (TPSA) is 154 Å². The van der Waals surface area contributed by atoms with Crippen LogP contribution in [0, 0.1) is 5.92 Å². The Hall–Kier alpha value is -3.79. The van der Waals surface area contributed by atoms with Crippen LogP contribution in [-0.4, -0.2) is 41.8 Å². The van der Waals surface area contributed by atoms with Crippen molar-refractivity contribution in [1.29, 1.82) is 0 Å². The second-order valence-corrected chi connectivity index (χ2v) is 9.32. The van der Waals surface area contributed by atoms with Gasteiger partial charge in [0, 0.05) is 30.4 Å². The monoisotopic (exact) mass is 464 g/mol. The van der Waals surface area contributed by atoms with E-state index in [-0.39, 0.29) is 11.7 Å². The van der Waals surface area contributed by atoms with E-state index < -0.39 is 11.0 Å². The number of nitrogens with zero attached hydrogens (tertiary/aromatic N) is 6. The highest BCUT2D eigenvalue weighted by molar-refractivity contribution is 6.09. The Bertz CT molecular complexity index is 1200. The Labute approximate surface area is 199 Å². The van der Waals surface area contributed by atoms with Gasteiger partial charge in [0.15, 0.2) is 5.82 Å². The molecule has 0 saturated carbocycles. The van der Waals surface area contributed by atoms with Gasteiger partial charge in [-0.3, -0.25) is 9.67 Å². The van der Waals surface area contributed by atoms with Crippen molar-refractivity contribution in [3.63, 3.8) is 0 Å². The number of aromatic nitrogens is 5. The maximum Gasteiger partial charge on any atom is 0.261 e. The van der Waals surface area contributed by atoms with Crippen LogP contribution in [0.25, 0.3) is 17.0 Å². The zero-order valence-corrected chi connectivity index (χ0v) is 20.2. The number of aliphatic imine (C=N–C) groups is 1. The molecule has 3 aromatic heterocycles. The molecule has 3 aromatic rings. The molecule has 1 atom stereocenters. The number of rotatable bonds is 9. The van der Waals surface area contributed by atoms with Crippen LogP contribution in [-0.2, 0) is 12.0 Å². The summed E-state index contributed by atoms with van der Waals surface area (Å²) in [6, 6.07) is 3.83. The molecular weight excluding hydrogens is 432 g/mol. The molecule has 180 valence electrons. The molecule has 0 aliphatic rings. The van der Waals surface area contributed by atoms with E-state index in [4.69, 9.17) is 16.0 Å². The molecule has 10 heteroatoms. The highest BCUT2D eigenvalue weighted by Crippen LogP contribution is 2.38. The number of aliphatic hydroxyl groups is 1. The second-order valence-electron chi connectivity index (χ2n) is 9.32. The van der Waals surface area contributed by atoms with Crippen LogP contribution >= 0.6 is 0 Å². The van der Waals surface area contributed by atoms with E-state index >= 15 is 0 Å². The third-order valence-electron chi connectivity index (χ3n) is 5.68. The lowest BCUT2D eigenvalue weighted by Gasteiger charge is -2.30. The molecule has 0 radical (unpaired) electrons. The fraction of sp³-hybridized carbons (Fsp3) is 0.375. The molecule has 0 aliphatic heterocycles. The van der Waals surface area contributed by atoms with E-state index in [0.717, 1.165) is 5.56 Å². The molecule has 0 unspecified atom stereocenters. The SMILES string of the molecule is C=C(N)N=C/C(=C\N)c1ccc([C@](C)(c2noc(-c3cnn(CC(C)(C)O)c3)n2)C(C)C)cn1. The maximum atomic E-state index is 10.0. The predicted octanol–water partition coefficient (Wildman–Crippen LogP) is 2.86. The van der Waals surface area contributed by atoms with Crippen molar-refractivity contribution in [1.82, 2.24) is 24.9 Å². The summed E-state index contributed by atoms with van der Waals surface area (Å²) in [6.07, 6.45) is 8.14. The third kappa shape index (κ3) is 5.40. The van der Waals surface area contributed by atoms with Crippen LogP contribution in [0.4, 0.5) is 0 Å². The van der Waals surface area contributed by atoms with Gasteiger partial charge >= 0.3 is 0 Å². The maximum absolute atomic E-state index is 10.0. The molecule has 34 heavy (non-hydrogen) atoms. The lowest BCUT2D eigenvalue weighted by molar-refractivity contribution is 0.0577. The second kappa shape index (κ2) is 9.60. The van der Waals surface area contributed by atoms with Gasteiger partial charge in [0.25, 0.3) is 5.89 Å². The first-order chi connectivity index (χ1) is 15.9. The van der Waals surface area contributed by atoms with Gasteiger partial charge in [-0.25, -0.2) is 4.99 Å². The molecule has 0 saturated heterocycles. The van der Waals surface area contributed by atoms with E-state index in [0.29, 0.717) is 35.1 Å². The van der Waals surface area contributed by atoms with Crippen LogP contribution in [0.5, 0.6) is 0 Å². The van der Waals surface area contributed by atoms with E-state index in [2.05, 4.69) is 52.6 Å². The summed E-state index contributed by atoms with van der Waals surface area (Å²) in [4.78, 5) is 13.2. The summed E-state index contributed by atoms with van der Waals surface area (Å²) in [7, 11) is 0. The van der Waals surface area contributed by atoms with Crippen molar-refractivity contribution in [3.8, 4) is 11.5 Å². The van der Waals surface area contributed by atoms with Gasteiger partial charge in [0.2, 0.25) is 0 Å². The molecular formula is C24H32N8O2. The highest BCUT2D eigenvalue weighted by atomic mass is 16.5. The smallest absolute Gasteiger partial charge is 0.261 e. The Morgan fingerprint density at radius 1 is 1.29 bits per heavy atom. The van der Waals surface area contributed by atoms with E-state index in [1.54, 1.807) is 37.1 Å². The summed E-state index contributed by atoms with van der Waals surface area (Å²) in [6.45, 7) is 13.6. The average Bonchev–Trinajstić information content (AvgIpc) is 3.42. The number of allylic oxidation sites excluding steroid dienone is 1. The lowest BCUT2D eigenvalue weighted by atomic mass is 9.73. The number of hydrogen-bond acceptors (Lipinski definition) is 9. The molecule has 0 aromatic carbocycles. The van der Waals surface area contributed by atoms with Crippen molar-refractivity contribution in [2.75, 3.05) is 0 Å². The van der Waals surface area contributed by atoms with Crippen molar-refractivity contribution in [3.05, 3.63) is 66.4 Å². The lowest BCUT2D eigenvalue weighted by Crippen LogP contribution is -2.31. The van der Waals surface area contributed by atoms with Crippen LogP contribution in [0.3, 0.4) is 0 Å². The zero-order valence-electron chi connectivity index (χ0n) is 20.2. The van der Waals surface area contributed by atoms with Crippen LogP contribution in [0.2, 0.25) is 0 Å². The molecule has 0 aliphatic carbocycles. The van der Waals surface area contributed by atoms with Gasteiger partial charge in [-0.1, -0.05) is 31.6 Å². The predicted molar refractivity (Wildman–Crippen MR) is 131 cm³/mol. The number of hydrogen-bond donors (Lipinski definition) is 3. The van der Waals surface area contributed by atoms with Gasteiger partial charge in [-0.05, 0) is 38.3 Å². The van der Waals surface area contributed by atoms with Gasteiger partial charge in [-0.2, -0.15) is 10.1 Å². The summed E-state index contributed by atoms with van der Waals surface area (Å²) in [5.74, 6) is 1.22. The van der Waals surface area contributed by atoms with Gasteiger partial charge in [0.1, 0.15) is 5.82 Å². The molecule has 0 fully saturated rings. The molecule has 3 rings (SSSR count). The Balaban J connectivity index is 1.92. The Morgan fingerprint density at radius 2 is 2.03 bits per heavy atom. The first-order valence-electron chi connectivity index (χ1n) is 10.9. The minimum Gasteiger partial charge on any atom is -0.404 e. The largest absolute Gasteiger partial charge is 0.404 e. The average molecular weight is 465 g/mol. The van der Waals surface area contributed by atoms with Crippen LogP contribution in [0.15, 0.2) is 58.8 Å². The van der Waals surface area contributed by atoms with Gasteiger partial charge < -0.3 is 21.1 Å². The van der Waals surface area contributed by atoms with Crippen molar-refractivity contribution >= 4 is 11.8 Å². The Kier molecular flexibility index (Phi) is 7.01. The normalized spacial score (nSPS) is 14.6. The first kappa shape index (κ1) is 24.8. The van der Waals surface area contributed by atoms with Crippen LogP contribution in [0.1, 0.15) is 51.7 Å². The van der Waals surface area contributed by atoms with Crippen molar-refractivity contribution in [2.45, 2.75) is 52.2 Å². The number of nitrogens with two attached hydrogens (primary N) is 2. The third-order valence-corrected chi connectivity index (χ3v) is 5.68. The Morgan fingerprint density at radius 3 is 2.59 bits per heavy atom. The minimum absolute atomic E-state index is 0.134. The fourth-order valence-corrected chi connectivity index (χ4v) is 3.45. The highest BCUT2D eigenvalue weighted by Gasteiger charge is 2.38. The summed E-state index contributed by atoms with van der Waals surface area (Å²) >= 11 is 0. The van der Waals surface area contributed by atoms with Crippen molar-refractivity contribution in [2.24, 2.45) is 22.4 Å². The number of pyridine rings is 1. The summed E-state index contributed by atoms with van der Waals surface area (Å²) in [5, 5.41) is 18.6. The molecule has 10 nitrogen and oxygen atoms in total. The molecule has 5 N–H and O–H groups in total. The quantitative estimate of drug-likeness (QED) is 0.408. The van der Waals surface area contributed by atoms with Gasteiger partial charge in [0.05, 0.1) is 35.0 Å².